The first kappa shape index (κ1) is 29.4. The fraction of sp³-hybridized carbons (Fsp3) is 0.0741. The molecule has 0 saturated carbocycles. The Hall–Kier alpha value is -5.54. The number of hydrogen-bond acceptors (Lipinski definition) is 12. The van der Waals surface area contributed by atoms with Crippen LogP contribution < -0.4 is 11.5 Å². The zero-order chi connectivity index (χ0) is 30.9. The third-order valence-corrected chi connectivity index (χ3v) is 7.52. The summed E-state index contributed by atoms with van der Waals surface area (Å²) in [7, 11) is -4.85. The molecular formula is C27H24N8O6S. The predicted octanol–water partition coefficient (Wildman–Crippen LogP) is 7.19. The van der Waals surface area contributed by atoms with E-state index in [2.05, 4.69) is 20.5 Å². The van der Waals surface area contributed by atoms with Crippen LogP contribution in [0.4, 0.5) is 34.1 Å². The number of hydrogen-bond donors (Lipinski definition) is 7. The molecule has 15 heteroatoms. The van der Waals surface area contributed by atoms with Crippen LogP contribution >= 0.6 is 0 Å². The Morgan fingerprint density at radius 2 is 1.52 bits per heavy atom. The fourth-order valence-electron chi connectivity index (χ4n) is 4.45. The van der Waals surface area contributed by atoms with Crippen molar-refractivity contribution in [3.8, 4) is 28.0 Å². The van der Waals surface area contributed by atoms with Crippen molar-refractivity contribution in [1.29, 1.82) is 11.1 Å². The highest BCUT2D eigenvalue weighted by Gasteiger charge is 2.27. The number of carbonyl (C=O) groups is 1. The van der Waals surface area contributed by atoms with Gasteiger partial charge in [-0.25, -0.2) is 15.9 Å². The van der Waals surface area contributed by atoms with Crippen molar-refractivity contribution in [2.75, 3.05) is 11.5 Å². The molecule has 9 N–H and O–H groups in total. The highest BCUT2D eigenvalue weighted by molar-refractivity contribution is 7.86. The Labute approximate surface area is 239 Å². The second kappa shape index (κ2) is 11.1. The molecule has 0 aliphatic rings. The van der Waals surface area contributed by atoms with Crippen molar-refractivity contribution in [2.45, 2.75) is 18.7 Å². The van der Waals surface area contributed by atoms with Crippen LogP contribution in [-0.2, 0) is 10.1 Å². The Bertz CT molecular complexity index is 1940. The van der Waals surface area contributed by atoms with E-state index in [4.69, 9.17) is 22.5 Å². The number of nitrogens with two attached hydrogens (primary N) is 2. The van der Waals surface area contributed by atoms with Gasteiger partial charge in [-0.3, -0.25) is 4.55 Å². The lowest BCUT2D eigenvalue weighted by Crippen LogP contribution is -2.06. The van der Waals surface area contributed by atoms with E-state index in [9.17, 15) is 28.0 Å². The van der Waals surface area contributed by atoms with E-state index in [-0.39, 0.29) is 56.3 Å². The van der Waals surface area contributed by atoms with Gasteiger partial charge in [0.05, 0.1) is 11.4 Å². The number of azo groups is 1. The number of aryl methyl sites for hydroxylation is 1. The minimum Gasteiger partial charge on any atom is -0.507 e. The first-order valence-corrected chi connectivity index (χ1v) is 13.4. The van der Waals surface area contributed by atoms with Crippen molar-refractivity contribution < 1.29 is 28.0 Å². The smallest absolute Gasteiger partial charge is 0.339 e. The number of carboxylic acids is 1. The van der Waals surface area contributed by atoms with Gasteiger partial charge in [0.25, 0.3) is 10.1 Å². The molecule has 0 amide bonds. The maximum Gasteiger partial charge on any atom is 0.339 e. The van der Waals surface area contributed by atoms with Gasteiger partial charge >= 0.3 is 5.97 Å². The molecule has 0 bridgehead atoms. The van der Waals surface area contributed by atoms with Crippen LogP contribution in [-0.4, -0.2) is 29.2 Å². The summed E-state index contributed by atoms with van der Waals surface area (Å²) in [5.41, 5.74) is 29.5. The summed E-state index contributed by atoms with van der Waals surface area (Å²) in [5.74, 6) is -1.81. The number of benzene rings is 4. The van der Waals surface area contributed by atoms with Gasteiger partial charge in [-0.2, -0.15) is 23.8 Å². The Kier molecular flexibility index (Phi) is 7.81. The number of aromatic carboxylic acids is 1. The van der Waals surface area contributed by atoms with Crippen LogP contribution in [0.15, 0.2) is 79.9 Å². The second-order valence-corrected chi connectivity index (χ2v) is 10.5. The van der Waals surface area contributed by atoms with Crippen molar-refractivity contribution in [3.05, 3.63) is 71.3 Å². The molecular weight excluding hydrogens is 564 g/mol. The number of rotatable bonds is 8. The largest absolute Gasteiger partial charge is 0.507 e. The van der Waals surface area contributed by atoms with Gasteiger partial charge in [0.15, 0.2) is 0 Å². The summed E-state index contributed by atoms with van der Waals surface area (Å²) in [6, 6.07) is 12.2. The van der Waals surface area contributed by atoms with E-state index in [0.29, 0.717) is 16.8 Å². The Balaban J connectivity index is 1.90. The normalized spacial score (nSPS) is 11.5. The minimum absolute atomic E-state index is 0.0199. The fourth-order valence-corrected chi connectivity index (χ4v) is 5.39. The second-order valence-electron chi connectivity index (χ2n) is 9.18. The molecule has 0 atom stereocenters. The number of anilines is 2. The van der Waals surface area contributed by atoms with Crippen LogP contribution in [0.2, 0.25) is 0 Å². The minimum atomic E-state index is -4.85. The first-order chi connectivity index (χ1) is 19.8. The molecule has 4 rings (SSSR count). The van der Waals surface area contributed by atoms with Crippen LogP contribution in [0.25, 0.3) is 22.3 Å². The summed E-state index contributed by atoms with van der Waals surface area (Å²) >= 11 is 0. The monoisotopic (exact) mass is 588 g/mol. The number of nitrogens with one attached hydrogen (secondary N) is 2. The lowest BCUT2D eigenvalue weighted by atomic mass is 9.91. The molecule has 4 aromatic carbocycles. The lowest BCUT2D eigenvalue weighted by molar-refractivity contribution is 0.0693. The van der Waals surface area contributed by atoms with E-state index < -0.39 is 26.7 Å². The van der Waals surface area contributed by atoms with E-state index in [0.717, 1.165) is 12.1 Å². The van der Waals surface area contributed by atoms with Crippen LogP contribution in [0.3, 0.4) is 0 Å². The van der Waals surface area contributed by atoms with Gasteiger partial charge in [-0.1, -0.05) is 6.07 Å². The quantitative estimate of drug-likeness (QED) is 0.0627. The van der Waals surface area contributed by atoms with Gasteiger partial charge in [0, 0.05) is 28.1 Å². The molecule has 0 aromatic heterocycles. The van der Waals surface area contributed by atoms with Crippen LogP contribution in [0.1, 0.15) is 21.5 Å². The number of carboxylic acid groups (broad SMARTS) is 1. The highest BCUT2D eigenvalue weighted by Crippen LogP contribution is 2.46. The van der Waals surface area contributed by atoms with E-state index in [1.54, 1.807) is 13.0 Å². The standard InChI is InChI=1S/C27H24N8O6S/c1-12-7-17(20(29)11-19(12)28)25-13(2)26(42(39,40)41)16(10-23(25)33-31)14-3-5-21(22(8-14)32-30)35-34-15-4-6-24(36)18(9-15)27(37)38/h3-11,30-31,36H,28-29H2,1-2H3,(H,37,38)(H,39,40,41). The molecule has 4 aromatic rings. The Morgan fingerprint density at radius 1 is 0.833 bits per heavy atom. The van der Waals surface area contributed by atoms with Gasteiger partial charge in [-0.15, -0.1) is 5.11 Å². The van der Waals surface area contributed by atoms with E-state index in [1.807, 2.05) is 0 Å². The average Bonchev–Trinajstić information content (AvgIpc) is 2.93. The third kappa shape index (κ3) is 5.54. The zero-order valence-corrected chi connectivity index (χ0v) is 22.9. The zero-order valence-electron chi connectivity index (χ0n) is 22.1. The van der Waals surface area contributed by atoms with E-state index >= 15 is 0 Å². The molecule has 0 fully saturated rings. The van der Waals surface area contributed by atoms with Crippen molar-refractivity contribution in [3.63, 3.8) is 0 Å². The molecule has 0 aliphatic carbocycles. The number of aromatic hydroxyl groups is 1. The number of nitrogens with zero attached hydrogens (tertiary/aromatic N) is 4. The molecule has 0 saturated heterocycles. The van der Waals surface area contributed by atoms with Gasteiger partial charge < -0.3 is 21.7 Å². The topological polar surface area (TPSA) is 261 Å². The third-order valence-electron chi connectivity index (χ3n) is 6.47. The first-order valence-electron chi connectivity index (χ1n) is 11.9. The maximum absolute atomic E-state index is 12.7. The average molecular weight is 589 g/mol. The van der Waals surface area contributed by atoms with Crippen molar-refractivity contribution >= 4 is 50.2 Å². The molecule has 0 aliphatic heterocycles. The van der Waals surface area contributed by atoms with Gasteiger partial charge in [-0.05, 0) is 79.1 Å². The summed E-state index contributed by atoms with van der Waals surface area (Å²) in [6.07, 6.45) is 0. The SMILES string of the molecule is Cc1cc(-c2c(N=N)cc(-c3ccc(N=Nc4ccc(O)c(C(=O)O)c4)c(N=N)c3)c(S(=O)(=O)O)c2C)c(N)cc1N. The summed E-state index contributed by atoms with van der Waals surface area (Å²) in [5, 5.41) is 33.9. The maximum atomic E-state index is 12.7. The molecule has 0 spiro atoms. The molecule has 42 heavy (non-hydrogen) atoms. The van der Waals surface area contributed by atoms with Gasteiger partial charge in [0.2, 0.25) is 0 Å². The van der Waals surface area contributed by atoms with Crippen molar-refractivity contribution in [2.24, 2.45) is 20.5 Å². The summed E-state index contributed by atoms with van der Waals surface area (Å²) < 4.78 is 35.7. The Morgan fingerprint density at radius 3 is 2.14 bits per heavy atom. The van der Waals surface area contributed by atoms with E-state index in [1.165, 1.54) is 43.3 Å². The highest BCUT2D eigenvalue weighted by atomic mass is 32.2. The molecule has 14 nitrogen and oxygen atoms in total. The molecule has 0 heterocycles. The van der Waals surface area contributed by atoms with Crippen LogP contribution in [0, 0.1) is 24.9 Å². The van der Waals surface area contributed by atoms with Crippen LogP contribution in [0.5, 0.6) is 5.75 Å². The molecule has 0 radical (unpaired) electrons. The summed E-state index contributed by atoms with van der Waals surface area (Å²) in [4.78, 5) is 10.8. The lowest BCUT2D eigenvalue weighted by Gasteiger charge is -2.19. The molecule has 214 valence electrons. The predicted molar refractivity (Wildman–Crippen MR) is 154 cm³/mol. The van der Waals surface area contributed by atoms with Gasteiger partial charge in [0.1, 0.15) is 27.6 Å². The van der Waals surface area contributed by atoms with Crippen molar-refractivity contribution in [1.82, 2.24) is 0 Å². The summed E-state index contributed by atoms with van der Waals surface area (Å²) in [6.45, 7) is 3.18. The number of nitrogen functional groups attached to an aromatic ring is 2. The molecule has 0 unspecified atom stereocenters. The number of phenols is 1.